The SMILES string of the molecule is CSCc1ccc(C(=O)N(C)C2C3CC4CC(C3)CC2C4)cc1. The molecule has 4 fully saturated rings. The summed E-state index contributed by atoms with van der Waals surface area (Å²) < 4.78 is 0. The van der Waals surface area contributed by atoms with Gasteiger partial charge < -0.3 is 4.90 Å². The molecule has 124 valence electrons. The lowest BCUT2D eigenvalue weighted by Gasteiger charge is -2.56. The van der Waals surface area contributed by atoms with Crippen molar-refractivity contribution in [2.24, 2.45) is 23.7 Å². The highest BCUT2D eigenvalue weighted by molar-refractivity contribution is 7.97. The maximum Gasteiger partial charge on any atom is 0.253 e. The van der Waals surface area contributed by atoms with Gasteiger partial charge >= 0.3 is 0 Å². The summed E-state index contributed by atoms with van der Waals surface area (Å²) in [6.07, 6.45) is 9.03. The van der Waals surface area contributed by atoms with Crippen LogP contribution in [-0.4, -0.2) is 30.2 Å². The van der Waals surface area contributed by atoms with Gasteiger partial charge in [0.05, 0.1) is 0 Å². The molecule has 0 atom stereocenters. The summed E-state index contributed by atoms with van der Waals surface area (Å²) in [7, 11) is 2.05. The molecular formula is C20H27NOS. The quantitative estimate of drug-likeness (QED) is 0.813. The molecule has 0 saturated heterocycles. The third kappa shape index (κ3) is 2.82. The lowest BCUT2D eigenvalue weighted by molar-refractivity contribution is -0.0491. The Balaban J connectivity index is 1.50. The lowest BCUT2D eigenvalue weighted by Crippen LogP contribution is -2.56. The van der Waals surface area contributed by atoms with E-state index in [1.807, 2.05) is 30.9 Å². The third-order valence-electron chi connectivity index (χ3n) is 6.46. The number of thioether (sulfide) groups is 1. The molecule has 1 aromatic carbocycles. The topological polar surface area (TPSA) is 20.3 Å². The minimum absolute atomic E-state index is 0.221. The second kappa shape index (κ2) is 6.16. The molecule has 0 unspecified atom stereocenters. The van der Waals surface area contributed by atoms with E-state index < -0.39 is 0 Å². The van der Waals surface area contributed by atoms with E-state index in [0.717, 1.165) is 35.0 Å². The largest absolute Gasteiger partial charge is 0.338 e. The molecule has 5 rings (SSSR count). The van der Waals surface area contributed by atoms with Crippen LogP contribution >= 0.6 is 11.8 Å². The fourth-order valence-electron chi connectivity index (χ4n) is 5.78. The summed E-state index contributed by atoms with van der Waals surface area (Å²) in [5.41, 5.74) is 2.15. The summed E-state index contributed by atoms with van der Waals surface area (Å²) in [5.74, 6) is 4.68. The van der Waals surface area contributed by atoms with Gasteiger partial charge in [0.25, 0.3) is 5.91 Å². The first kappa shape index (κ1) is 15.6. The number of amides is 1. The summed E-state index contributed by atoms with van der Waals surface area (Å²) in [6, 6.07) is 8.73. The van der Waals surface area contributed by atoms with Crippen molar-refractivity contribution in [3.63, 3.8) is 0 Å². The van der Waals surface area contributed by atoms with Crippen LogP contribution in [-0.2, 0) is 5.75 Å². The van der Waals surface area contributed by atoms with Gasteiger partial charge in [0, 0.05) is 24.4 Å². The van der Waals surface area contributed by atoms with Crippen molar-refractivity contribution in [1.29, 1.82) is 0 Å². The van der Waals surface area contributed by atoms with Gasteiger partial charge in [-0.2, -0.15) is 11.8 Å². The van der Waals surface area contributed by atoms with Gasteiger partial charge in [-0.1, -0.05) is 12.1 Å². The molecule has 1 aromatic rings. The van der Waals surface area contributed by atoms with Crippen LogP contribution in [0.15, 0.2) is 24.3 Å². The van der Waals surface area contributed by atoms with Gasteiger partial charge in [0.1, 0.15) is 0 Å². The normalized spacial score (nSPS) is 34.6. The minimum atomic E-state index is 0.221. The van der Waals surface area contributed by atoms with E-state index in [1.165, 1.54) is 37.7 Å². The van der Waals surface area contributed by atoms with Gasteiger partial charge in [0.2, 0.25) is 0 Å². The Bertz CT molecular complexity index is 554. The highest BCUT2D eigenvalue weighted by Crippen LogP contribution is 2.55. The fourth-order valence-corrected chi connectivity index (χ4v) is 6.30. The van der Waals surface area contributed by atoms with E-state index >= 15 is 0 Å². The molecule has 2 nitrogen and oxygen atoms in total. The van der Waals surface area contributed by atoms with E-state index in [1.54, 1.807) is 0 Å². The molecule has 0 spiro atoms. The fraction of sp³-hybridized carbons (Fsp3) is 0.650. The van der Waals surface area contributed by atoms with E-state index in [0.29, 0.717) is 6.04 Å². The number of rotatable bonds is 4. The van der Waals surface area contributed by atoms with E-state index in [-0.39, 0.29) is 5.91 Å². The molecule has 4 aliphatic carbocycles. The molecule has 3 heteroatoms. The number of benzene rings is 1. The highest BCUT2D eigenvalue weighted by atomic mass is 32.2. The monoisotopic (exact) mass is 329 g/mol. The molecule has 0 aromatic heterocycles. The van der Waals surface area contributed by atoms with E-state index in [2.05, 4.69) is 23.3 Å². The Morgan fingerprint density at radius 2 is 1.61 bits per heavy atom. The first-order valence-electron chi connectivity index (χ1n) is 9.00. The third-order valence-corrected chi connectivity index (χ3v) is 7.08. The van der Waals surface area contributed by atoms with Crippen LogP contribution < -0.4 is 0 Å². The molecule has 4 aliphatic rings. The molecular weight excluding hydrogens is 302 g/mol. The zero-order chi connectivity index (χ0) is 16.0. The predicted octanol–water partition coefficient (Wildman–Crippen LogP) is 4.45. The summed E-state index contributed by atoms with van der Waals surface area (Å²) in [5, 5.41) is 0. The van der Waals surface area contributed by atoms with Crippen LogP contribution in [0.2, 0.25) is 0 Å². The first-order valence-corrected chi connectivity index (χ1v) is 10.4. The van der Waals surface area contributed by atoms with Gasteiger partial charge in [0.15, 0.2) is 0 Å². The van der Waals surface area contributed by atoms with Crippen molar-refractivity contribution in [3.05, 3.63) is 35.4 Å². The molecule has 0 radical (unpaired) electrons. The van der Waals surface area contributed by atoms with Crippen molar-refractivity contribution in [3.8, 4) is 0 Å². The predicted molar refractivity (Wildman–Crippen MR) is 96.6 cm³/mol. The van der Waals surface area contributed by atoms with Gasteiger partial charge in [-0.25, -0.2) is 0 Å². The molecule has 4 bridgehead atoms. The standard InChI is InChI=1S/C20H27NOS/c1-21(20(22)16-5-3-13(4-6-16)12-23-2)19-17-8-14-7-15(10-17)11-18(19)9-14/h3-6,14-15,17-19H,7-12H2,1-2H3. The average Bonchev–Trinajstić information content (AvgIpc) is 2.54. The van der Waals surface area contributed by atoms with Gasteiger partial charge in [-0.3, -0.25) is 4.79 Å². The highest BCUT2D eigenvalue weighted by Gasteiger charge is 2.50. The number of hydrogen-bond donors (Lipinski definition) is 0. The van der Waals surface area contributed by atoms with Crippen LogP contribution in [0.1, 0.15) is 48.0 Å². The smallest absolute Gasteiger partial charge is 0.253 e. The minimum Gasteiger partial charge on any atom is -0.338 e. The van der Waals surface area contributed by atoms with Crippen molar-refractivity contribution in [1.82, 2.24) is 4.90 Å². The average molecular weight is 330 g/mol. The van der Waals surface area contributed by atoms with Crippen LogP contribution in [0.25, 0.3) is 0 Å². The zero-order valence-corrected chi connectivity index (χ0v) is 15.0. The van der Waals surface area contributed by atoms with Crippen LogP contribution in [0, 0.1) is 23.7 Å². The Kier molecular flexibility index (Phi) is 4.17. The van der Waals surface area contributed by atoms with Crippen LogP contribution in [0.3, 0.4) is 0 Å². The zero-order valence-electron chi connectivity index (χ0n) is 14.2. The maximum absolute atomic E-state index is 13.0. The molecule has 23 heavy (non-hydrogen) atoms. The van der Waals surface area contributed by atoms with Gasteiger partial charge in [-0.05, 0) is 79.7 Å². The maximum atomic E-state index is 13.0. The van der Waals surface area contributed by atoms with Crippen molar-refractivity contribution >= 4 is 17.7 Å². The van der Waals surface area contributed by atoms with Gasteiger partial charge in [-0.15, -0.1) is 0 Å². The lowest BCUT2D eigenvalue weighted by atomic mass is 9.54. The Labute approximate surface area is 144 Å². The first-order chi connectivity index (χ1) is 11.2. The van der Waals surface area contributed by atoms with E-state index in [4.69, 9.17) is 0 Å². The Morgan fingerprint density at radius 3 is 2.13 bits per heavy atom. The number of carbonyl (C=O) groups excluding carboxylic acids is 1. The Morgan fingerprint density at radius 1 is 1.04 bits per heavy atom. The molecule has 0 aliphatic heterocycles. The van der Waals surface area contributed by atoms with Crippen LogP contribution in [0.4, 0.5) is 0 Å². The summed E-state index contributed by atoms with van der Waals surface area (Å²) in [6.45, 7) is 0. The second-order valence-electron chi connectivity index (χ2n) is 7.97. The van der Waals surface area contributed by atoms with Crippen molar-refractivity contribution in [2.45, 2.75) is 43.9 Å². The molecule has 1 amide bonds. The Hall–Kier alpha value is -0.960. The second-order valence-corrected chi connectivity index (χ2v) is 8.83. The summed E-state index contributed by atoms with van der Waals surface area (Å²) in [4.78, 5) is 15.1. The van der Waals surface area contributed by atoms with Crippen LogP contribution in [0.5, 0.6) is 0 Å². The molecule has 0 heterocycles. The van der Waals surface area contributed by atoms with Crippen molar-refractivity contribution < 1.29 is 4.79 Å². The van der Waals surface area contributed by atoms with E-state index in [9.17, 15) is 4.79 Å². The molecule has 4 saturated carbocycles. The summed E-state index contributed by atoms with van der Waals surface area (Å²) >= 11 is 1.82. The number of carbonyl (C=O) groups is 1. The van der Waals surface area contributed by atoms with Crippen molar-refractivity contribution in [2.75, 3.05) is 13.3 Å². The number of hydrogen-bond acceptors (Lipinski definition) is 2. The molecule has 0 N–H and O–H groups in total. The number of nitrogens with zero attached hydrogens (tertiary/aromatic N) is 1.